The van der Waals surface area contributed by atoms with Crippen molar-refractivity contribution in [1.82, 2.24) is 4.98 Å². The first-order valence-electron chi connectivity index (χ1n) is 6.36. The van der Waals surface area contributed by atoms with Crippen LogP contribution in [0, 0.1) is 5.82 Å². The molecule has 1 aromatic carbocycles. The van der Waals surface area contributed by atoms with Gasteiger partial charge >= 0.3 is 0 Å². The molecule has 1 aliphatic carbocycles. The number of nitrogens with zero attached hydrogens (tertiary/aromatic N) is 1. The summed E-state index contributed by atoms with van der Waals surface area (Å²) >= 11 is 0. The minimum atomic E-state index is -0.580. The van der Waals surface area contributed by atoms with E-state index in [9.17, 15) is 4.39 Å². The van der Waals surface area contributed by atoms with Crippen molar-refractivity contribution in [1.29, 1.82) is 0 Å². The molecule has 1 fully saturated rings. The molecule has 3 nitrogen and oxygen atoms in total. The zero-order chi connectivity index (χ0) is 13.2. The van der Waals surface area contributed by atoms with Crippen LogP contribution in [0.4, 0.5) is 4.39 Å². The molecule has 4 heteroatoms. The predicted molar refractivity (Wildman–Crippen MR) is 70.3 cm³/mol. The van der Waals surface area contributed by atoms with Crippen LogP contribution < -0.4 is 10.5 Å². The van der Waals surface area contributed by atoms with Crippen molar-refractivity contribution in [3.8, 4) is 5.75 Å². The second kappa shape index (κ2) is 4.97. The first kappa shape index (κ1) is 12.1. The molecule has 1 saturated carbocycles. The second-order valence-electron chi connectivity index (χ2n) is 4.74. The van der Waals surface area contributed by atoms with Crippen LogP contribution in [0.2, 0.25) is 0 Å². The summed E-state index contributed by atoms with van der Waals surface area (Å²) in [5.74, 6) is 0.398. The van der Waals surface area contributed by atoms with E-state index in [0.717, 1.165) is 24.2 Å². The Balaban J connectivity index is 1.86. The van der Waals surface area contributed by atoms with Gasteiger partial charge in [0.2, 0.25) is 0 Å². The molecule has 0 amide bonds. The fraction of sp³-hybridized carbons (Fsp3) is 0.267. The number of nitrogens with two attached hydrogens (primary N) is 1. The maximum Gasteiger partial charge on any atom is 0.146 e. The van der Waals surface area contributed by atoms with E-state index in [2.05, 4.69) is 4.98 Å². The molecule has 98 valence electrons. The van der Waals surface area contributed by atoms with Crippen LogP contribution in [-0.2, 0) is 0 Å². The van der Waals surface area contributed by atoms with Crippen LogP contribution >= 0.6 is 0 Å². The van der Waals surface area contributed by atoms with Crippen LogP contribution in [0.25, 0.3) is 0 Å². The average molecular weight is 258 g/mol. The van der Waals surface area contributed by atoms with Crippen molar-refractivity contribution in [2.75, 3.05) is 0 Å². The Morgan fingerprint density at radius 3 is 2.84 bits per heavy atom. The quantitative estimate of drug-likeness (QED) is 0.917. The van der Waals surface area contributed by atoms with E-state index in [-0.39, 0.29) is 11.5 Å². The molecule has 19 heavy (non-hydrogen) atoms. The Hall–Kier alpha value is -1.94. The number of hydrogen-bond donors (Lipinski definition) is 1. The molecule has 0 bridgehead atoms. The highest BCUT2D eigenvalue weighted by molar-refractivity contribution is 5.35. The van der Waals surface area contributed by atoms with Crippen molar-refractivity contribution in [2.45, 2.75) is 25.0 Å². The molecular formula is C15H15FN2O. The van der Waals surface area contributed by atoms with E-state index in [1.165, 1.54) is 6.07 Å². The van der Waals surface area contributed by atoms with Crippen molar-refractivity contribution >= 4 is 0 Å². The average Bonchev–Trinajstić information content (AvgIpc) is 3.23. The van der Waals surface area contributed by atoms with Gasteiger partial charge < -0.3 is 10.5 Å². The third kappa shape index (κ3) is 2.74. The Morgan fingerprint density at radius 1 is 1.26 bits per heavy atom. The van der Waals surface area contributed by atoms with Crippen LogP contribution in [-0.4, -0.2) is 11.1 Å². The molecule has 2 N–H and O–H groups in total. The molecule has 1 unspecified atom stereocenters. The van der Waals surface area contributed by atoms with Gasteiger partial charge in [0.1, 0.15) is 11.6 Å². The summed E-state index contributed by atoms with van der Waals surface area (Å²) in [4.78, 5) is 4.02. The molecular weight excluding hydrogens is 243 g/mol. The van der Waals surface area contributed by atoms with E-state index in [0.29, 0.717) is 6.10 Å². The number of rotatable bonds is 4. The minimum Gasteiger partial charge on any atom is -0.490 e. The van der Waals surface area contributed by atoms with E-state index in [4.69, 9.17) is 10.5 Å². The summed E-state index contributed by atoms with van der Waals surface area (Å²) in [5, 5.41) is 0. The highest BCUT2D eigenvalue weighted by Gasteiger charge is 2.24. The van der Waals surface area contributed by atoms with Gasteiger partial charge in [0.25, 0.3) is 0 Å². The summed E-state index contributed by atoms with van der Waals surface area (Å²) in [6.45, 7) is 0. The lowest BCUT2D eigenvalue weighted by molar-refractivity contribution is 0.303. The minimum absolute atomic E-state index is 0.256. The molecule has 3 rings (SSSR count). The van der Waals surface area contributed by atoms with E-state index < -0.39 is 6.04 Å². The zero-order valence-electron chi connectivity index (χ0n) is 10.4. The van der Waals surface area contributed by atoms with Crippen LogP contribution in [0.1, 0.15) is 30.1 Å². The maximum absolute atomic E-state index is 13.7. The highest BCUT2D eigenvalue weighted by atomic mass is 19.1. The van der Waals surface area contributed by atoms with Gasteiger partial charge in [-0.05, 0) is 42.7 Å². The Kier molecular flexibility index (Phi) is 3.17. The molecule has 1 aliphatic rings. The van der Waals surface area contributed by atoms with Crippen molar-refractivity contribution in [2.24, 2.45) is 5.73 Å². The Morgan fingerprint density at radius 2 is 2.11 bits per heavy atom. The third-order valence-electron chi connectivity index (χ3n) is 3.13. The lowest BCUT2D eigenvalue weighted by atomic mass is 10.0. The van der Waals surface area contributed by atoms with Gasteiger partial charge in [0.05, 0.1) is 17.8 Å². The van der Waals surface area contributed by atoms with Crippen LogP contribution in [0.3, 0.4) is 0 Å². The molecule has 1 heterocycles. The summed E-state index contributed by atoms with van der Waals surface area (Å²) in [6, 6.07) is 9.82. The predicted octanol–water partition coefficient (Wildman–Crippen LogP) is 2.81. The molecule has 0 radical (unpaired) electrons. The third-order valence-corrected chi connectivity index (χ3v) is 3.13. The van der Waals surface area contributed by atoms with Crippen LogP contribution in [0.15, 0.2) is 42.6 Å². The van der Waals surface area contributed by atoms with Gasteiger partial charge in [-0.15, -0.1) is 0 Å². The molecule has 2 aromatic rings. The van der Waals surface area contributed by atoms with E-state index in [1.807, 2.05) is 24.3 Å². The zero-order valence-corrected chi connectivity index (χ0v) is 10.4. The van der Waals surface area contributed by atoms with Gasteiger partial charge in [0.15, 0.2) is 0 Å². The van der Waals surface area contributed by atoms with Crippen molar-refractivity contribution in [3.05, 3.63) is 59.7 Å². The summed E-state index contributed by atoms with van der Waals surface area (Å²) in [5.41, 5.74) is 7.13. The van der Waals surface area contributed by atoms with Gasteiger partial charge in [0, 0.05) is 6.20 Å². The summed E-state index contributed by atoms with van der Waals surface area (Å²) in [7, 11) is 0. The molecule has 0 aliphatic heterocycles. The van der Waals surface area contributed by atoms with Gasteiger partial charge in [-0.1, -0.05) is 12.1 Å². The van der Waals surface area contributed by atoms with Crippen molar-refractivity contribution in [3.63, 3.8) is 0 Å². The molecule has 1 aromatic heterocycles. The Bertz CT molecular complexity index is 584. The fourth-order valence-electron chi connectivity index (χ4n) is 1.94. The maximum atomic E-state index is 13.7. The lowest BCUT2D eigenvalue weighted by Crippen LogP contribution is -2.15. The smallest absolute Gasteiger partial charge is 0.146 e. The van der Waals surface area contributed by atoms with Gasteiger partial charge in [-0.2, -0.15) is 0 Å². The van der Waals surface area contributed by atoms with Gasteiger partial charge in [-0.3, -0.25) is 4.98 Å². The number of ether oxygens (including phenoxy) is 1. The monoisotopic (exact) mass is 258 g/mol. The standard InChI is InChI=1S/C15H15FN2O/c16-13-5-2-8-18-15(13)14(17)10-3-1-4-12(9-10)19-11-6-7-11/h1-5,8-9,11,14H,6-7,17H2. The lowest BCUT2D eigenvalue weighted by Gasteiger charge is -2.13. The molecule has 0 spiro atoms. The fourth-order valence-corrected chi connectivity index (χ4v) is 1.94. The van der Waals surface area contributed by atoms with E-state index in [1.54, 1.807) is 12.3 Å². The topological polar surface area (TPSA) is 48.1 Å². The number of hydrogen-bond acceptors (Lipinski definition) is 3. The largest absolute Gasteiger partial charge is 0.490 e. The number of halogens is 1. The number of benzene rings is 1. The van der Waals surface area contributed by atoms with Crippen LogP contribution in [0.5, 0.6) is 5.75 Å². The van der Waals surface area contributed by atoms with E-state index >= 15 is 0 Å². The molecule has 1 atom stereocenters. The Labute approximate surface area is 111 Å². The first-order chi connectivity index (χ1) is 9.24. The number of pyridine rings is 1. The molecule has 0 saturated heterocycles. The number of aromatic nitrogens is 1. The second-order valence-corrected chi connectivity index (χ2v) is 4.74. The highest BCUT2D eigenvalue weighted by Crippen LogP contribution is 2.29. The SMILES string of the molecule is NC(c1cccc(OC2CC2)c1)c1ncccc1F. The van der Waals surface area contributed by atoms with Crippen molar-refractivity contribution < 1.29 is 9.13 Å². The summed E-state index contributed by atoms with van der Waals surface area (Å²) in [6.07, 6.45) is 4.08. The van der Waals surface area contributed by atoms with Gasteiger partial charge in [-0.25, -0.2) is 4.39 Å². The normalized spacial score (nSPS) is 16.1. The first-order valence-corrected chi connectivity index (χ1v) is 6.36. The summed E-state index contributed by atoms with van der Waals surface area (Å²) < 4.78 is 19.4.